The van der Waals surface area contributed by atoms with Crippen LogP contribution in [-0.2, 0) is 6.54 Å². The SMILES string of the molecule is CCCCC(CC)Cn1c2cc(-c3cccs3)sc2c2sc(-c3cccs3)cc21. The molecule has 0 amide bonds. The number of aromatic nitrogens is 1. The summed E-state index contributed by atoms with van der Waals surface area (Å²) < 4.78 is 5.58. The van der Waals surface area contributed by atoms with Crippen LogP contribution in [0.3, 0.4) is 0 Å². The molecule has 0 fully saturated rings. The molecular weight excluding hydrogens is 431 g/mol. The van der Waals surface area contributed by atoms with Crippen LogP contribution in [0.25, 0.3) is 39.9 Å². The van der Waals surface area contributed by atoms with Gasteiger partial charge in [-0.1, -0.05) is 45.2 Å². The third-order valence-corrected chi connectivity index (χ3v) is 10.3. The maximum Gasteiger partial charge on any atom is 0.0708 e. The zero-order chi connectivity index (χ0) is 19.8. The van der Waals surface area contributed by atoms with E-state index in [1.165, 1.54) is 65.6 Å². The Kier molecular flexibility index (Phi) is 5.65. The van der Waals surface area contributed by atoms with E-state index >= 15 is 0 Å². The molecule has 1 unspecified atom stereocenters. The van der Waals surface area contributed by atoms with E-state index in [0.29, 0.717) is 0 Å². The highest BCUT2D eigenvalue weighted by atomic mass is 32.1. The molecule has 5 rings (SSSR count). The van der Waals surface area contributed by atoms with Gasteiger partial charge in [0.1, 0.15) is 0 Å². The van der Waals surface area contributed by atoms with E-state index in [-0.39, 0.29) is 0 Å². The quantitative estimate of drug-likeness (QED) is 0.219. The highest BCUT2D eigenvalue weighted by Gasteiger charge is 2.20. The summed E-state index contributed by atoms with van der Waals surface area (Å²) in [6, 6.07) is 13.7. The maximum atomic E-state index is 2.63. The maximum absolute atomic E-state index is 2.63. The van der Waals surface area contributed by atoms with Crippen molar-refractivity contribution in [3.63, 3.8) is 0 Å². The van der Waals surface area contributed by atoms with Gasteiger partial charge in [-0.15, -0.1) is 45.3 Å². The summed E-state index contributed by atoms with van der Waals surface area (Å²) in [5.41, 5.74) is 2.87. The summed E-state index contributed by atoms with van der Waals surface area (Å²) in [4.78, 5) is 5.60. The molecule has 0 aromatic carbocycles. The van der Waals surface area contributed by atoms with Crippen LogP contribution >= 0.6 is 45.3 Å². The fourth-order valence-corrected chi connectivity index (χ4v) is 8.19. The minimum atomic E-state index is 0.754. The van der Waals surface area contributed by atoms with Crippen molar-refractivity contribution >= 4 is 65.8 Å². The minimum Gasteiger partial charge on any atom is -0.339 e. The van der Waals surface area contributed by atoms with E-state index < -0.39 is 0 Å². The molecule has 0 radical (unpaired) electrons. The molecule has 29 heavy (non-hydrogen) atoms. The molecule has 0 aliphatic heterocycles. The lowest BCUT2D eigenvalue weighted by Crippen LogP contribution is -2.09. The summed E-state index contributed by atoms with van der Waals surface area (Å²) in [7, 11) is 0. The van der Waals surface area contributed by atoms with E-state index in [9.17, 15) is 0 Å². The van der Waals surface area contributed by atoms with E-state index in [1.807, 2.05) is 45.3 Å². The highest BCUT2D eigenvalue weighted by Crippen LogP contribution is 2.46. The molecule has 0 saturated carbocycles. The molecular formula is C24H25NS4. The van der Waals surface area contributed by atoms with Crippen molar-refractivity contribution in [2.45, 2.75) is 46.1 Å². The lowest BCUT2D eigenvalue weighted by Gasteiger charge is -2.16. The smallest absolute Gasteiger partial charge is 0.0708 e. The zero-order valence-corrected chi connectivity index (χ0v) is 20.1. The first-order valence-corrected chi connectivity index (χ1v) is 13.8. The number of unbranched alkanes of at least 4 members (excludes halogenated alkanes) is 1. The fourth-order valence-electron chi connectivity index (χ4n) is 4.07. The summed E-state index contributed by atoms with van der Waals surface area (Å²) in [6.45, 7) is 5.79. The van der Waals surface area contributed by atoms with Gasteiger partial charge in [0.25, 0.3) is 0 Å². The van der Waals surface area contributed by atoms with Gasteiger partial charge in [-0.3, -0.25) is 0 Å². The molecule has 1 atom stereocenters. The number of hydrogen-bond acceptors (Lipinski definition) is 4. The Hall–Kier alpha value is -1.40. The van der Waals surface area contributed by atoms with Crippen molar-refractivity contribution in [2.24, 2.45) is 5.92 Å². The molecule has 0 aliphatic carbocycles. The van der Waals surface area contributed by atoms with Crippen molar-refractivity contribution in [1.29, 1.82) is 0 Å². The Morgan fingerprint density at radius 1 is 0.828 bits per heavy atom. The van der Waals surface area contributed by atoms with Crippen LogP contribution in [0.1, 0.15) is 39.5 Å². The largest absolute Gasteiger partial charge is 0.339 e. The molecule has 5 heterocycles. The molecule has 5 aromatic heterocycles. The van der Waals surface area contributed by atoms with Crippen molar-refractivity contribution in [2.75, 3.05) is 0 Å². The van der Waals surface area contributed by atoms with Crippen LogP contribution in [0, 0.1) is 5.92 Å². The van der Waals surface area contributed by atoms with Gasteiger partial charge < -0.3 is 4.57 Å². The Balaban J connectivity index is 1.65. The first kappa shape index (κ1) is 19.6. The van der Waals surface area contributed by atoms with Gasteiger partial charge in [-0.2, -0.15) is 0 Å². The first-order chi connectivity index (χ1) is 14.3. The average molecular weight is 456 g/mol. The monoisotopic (exact) mass is 455 g/mol. The summed E-state index contributed by atoms with van der Waals surface area (Å²) in [6.07, 6.45) is 5.21. The Bertz CT molecular complexity index is 1120. The first-order valence-electron chi connectivity index (χ1n) is 10.4. The Labute approximate surface area is 188 Å². The normalized spacial score (nSPS) is 13.0. The van der Waals surface area contributed by atoms with Gasteiger partial charge in [-0.05, 0) is 47.4 Å². The molecule has 0 N–H and O–H groups in total. The molecule has 0 aliphatic rings. The zero-order valence-electron chi connectivity index (χ0n) is 16.8. The van der Waals surface area contributed by atoms with E-state index in [1.54, 1.807) is 0 Å². The Morgan fingerprint density at radius 3 is 1.86 bits per heavy atom. The standard InChI is InChI=1S/C24H25NS4/c1-3-5-8-16(4-2)15-25-17-13-21(19-9-6-11-26-19)28-23(17)24-18(25)14-22(29-24)20-10-7-12-27-20/h6-7,9-14,16H,3-5,8,15H2,1-2H3. The Morgan fingerprint density at radius 2 is 1.41 bits per heavy atom. The average Bonchev–Trinajstić information content (AvgIpc) is 3.53. The minimum absolute atomic E-state index is 0.754. The van der Waals surface area contributed by atoms with E-state index in [4.69, 9.17) is 0 Å². The topological polar surface area (TPSA) is 4.93 Å². The number of hydrogen-bond donors (Lipinski definition) is 0. The molecule has 5 aromatic rings. The summed E-state index contributed by atoms with van der Waals surface area (Å²) in [5, 5.41) is 4.36. The van der Waals surface area contributed by atoms with Crippen LogP contribution in [-0.4, -0.2) is 4.57 Å². The molecule has 0 saturated heterocycles. The third kappa shape index (κ3) is 3.63. The summed E-state index contributed by atoms with van der Waals surface area (Å²) >= 11 is 7.63. The van der Waals surface area contributed by atoms with Crippen LogP contribution in [0.2, 0.25) is 0 Å². The lowest BCUT2D eigenvalue weighted by atomic mass is 9.99. The van der Waals surface area contributed by atoms with Crippen LogP contribution in [0.5, 0.6) is 0 Å². The predicted octanol–water partition coefficient (Wildman–Crippen LogP) is 9.59. The lowest BCUT2D eigenvalue weighted by molar-refractivity contribution is 0.401. The van der Waals surface area contributed by atoms with Crippen molar-refractivity contribution < 1.29 is 0 Å². The molecule has 5 heteroatoms. The second-order valence-electron chi connectivity index (χ2n) is 7.63. The van der Waals surface area contributed by atoms with Gasteiger partial charge in [0.2, 0.25) is 0 Å². The van der Waals surface area contributed by atoms with Gasteiger partial charge >= 0.3 is 0 Å². The summed E-state index contributed by atoms with van der Waals surface area (Å²) in [5.74, 6) is 0.754. The third-order valence-electron chi connectivity index (χ3n) is 5.72. The number of nitrogens with zero attached hydrogens (tertiary/aromatic N) is 1. The molecule has 150 valence electrons. The van der Waals surface area contributed by atoms with Crippen LogP contribution in [0.15, 0.2) is 47.2 Å². The van der Waals surface area contributed by atoms with Gasteiger partial charge in [0, 0.05) is 26.1 Å². The number of rotatable bonds is 8. The number of fused-ring (bicyclic) bond motifs is 3. The van der Waals surface area contributed by atoms with Crippen molar-refractivity contribution in [3.8, 4) is 19.5 Å². The fraction of sp³-hybridized carbons (Fsp3) is 0.333. The van der Waals surface area contributed by atoms with Crippen LogP contribution in [0.4, 0.5) is 0 Å². The van der Waals surface area contributed by atoms with Gasteiger partial charge in [-0.25, -0.2) is 0 Å². The van der Waals surface area contributed by atoms with E-state index in [2.05, 4.69) is 65.6 Å². The second kappa shape index (κ2) is 8.38. The second-order valence-corrected chi connectivity index (χ2v) is 11.6. The molecule has 0 bridgehead atoms. The van der Waals surface area contributed by atoms with Gasteiger partial charge in [0.05, 0.1) is 20.4 Å². The van der Waals surface area contributed by atoms with Crippen LogP contribution < -0.4 is 0 Å². The van der Waals surface area contributed by atoms with Crippen molar-refractivity contribution in [1.82, 2.24) is 4.57 Å². The number of thiophene rings is 4. The highest BCUT2D eigenvalue weighted by molar-refractivity contribution is 7.32. The molecule has 0 spiro atoms. The van der Waals surface area contributed by atoms with Gasteiger partial charge in [0.15, 0.2) is 0 Å². The molecule has 1 nitrogen and oxygen atoms in total. The van der Waals surface area contributed by atoms with E-state index in [0.717, 1.165) is 12.5 Å². The van der Waals surface area contributed by atoms with Crippen molar-refractivity contribution in [3.05, 3.63) is 47.2 Å². The predicted molar refractivity (Wildman–Crippen MR) is 135 cm³/mol.